The molecule has 0 aliphatic heterocycles. The third-order valence-corrected chi connectivity index (χ3v) is 9.31. The molecular formula is C32H36N6O5S. The van der Waals surface area contributed by atoms with Crippen LogP contribution in [-0.2, 0) is 4.79 Å². The maximum Gasteiger partial charge on any atom is 0.272 e. The monoisotopic (exact) mass is 616 g/mol. The molecule has 0 saturated heterocycles. The number of benzene rings is 2. The molecule has 2 aromatic carbocycles. The van der Waals surface area contributed by atoms with E-state index >= 15 is 0 Å². The van der Waals surface area contributed by atoms with Crippen LogP contribution in [-0.4, -0.2) is 42.4 Å². The molecule has 230 valence electrons. The zero-order valence-corrected chi connectivity index (χ0v) is 26.0. The first-order chi connectivity index (χ1) is 21.3. The molecular weight excluding hydrogens is 580 g/mol. The van der Waals surface area contributed by atoms with Gasteiger partial charge in [0.15, 0.2) is 16.6 Å². The number of nitrogens with two attached hydrogens (primary N) is 1. The van der Waals surface area contributed by atoms with Gasteiger partial charge in [-0.3, -0.25) is 4.79 Å². The number of nitrogens with zero attached hydrogens (tertiary/aromatic N) is 3. The first kappa shape index (κ1) is 29.5. The van der Waals surface area contributed by atoms with E-state index in [1.165, 1.54) is 17.8 Å². The highest BCUT2D eigenvalue weighted by atomic mass is 32.1. The number of nitrogens with one attached hydrogen (secondary N) is 2. The number of aromatic nitrogens is 3. The van der Waals surface area contributed by atoms with Crippen molar-refractivity contribution in [3.05, 3.63) is 48.0 Å². The van der Waals surface area contributed by atoms with Gasteiger partial charge in [0.05, 0.1) is 21.3 Å². The van der Waals surface area contributed by atoms with E-state index in [9.17, 15) is 4.79 Å². The number of nitrogen functional groups attached to an aromatic ring is 1. The second kappa shape index (κ2) is 12.6. The van der Waals surface area contributed by atoms with Gasteiger partial charge in [0.2, 0.25) is 17.5 Å². The maximum absolute atomic E-state index is 13.3. The standard InChI is InChI=1S/C32H36N6O5S/c1-17-8-11-21(34-30(39)20-10-9-18-6-5-7-19(12-18)13-20)14-23(17)29-37-31(43-38-29)27-28(33)36-32(44-27)35-22-15-24(40-2)26(42-4)25(16-22)41-3/h5,7-8,11,14-16,18-20H,6,9-10,12-13,33H2,1-4H3,(H,34,39)(H,35,36). The van der Waals surface area contributed by atoms with Gasteiger partial charge in [-0.15, -0.1) is 0 Å². The quantitative estimate of drug-likeness (QED) is 0.171. The van der Waals surface area contributed by atoms with E-state index in [1.807, 2.05) is 25.1 Å². The maximum atomic E-state index is 13.3. The molecule has 0 spiro atoms. The number of ether oxygens (including phenoxy) is 3. The molecule has 12 heteroatoms. The normalized spacial score (nSPS) is 19.2. The lowest BCUT2D eigenvalue weighted by molar-refractivity contribution is -0.120. The van der Waals surface area contributed by atoms with Crippen LogP contribution in [0.25, 0.3) is 22.2 Å². The number of thiazole rings is 1. The average Bonchev–Trinajstić information content (AvgIpc) is 3.62. The van der Waals surface area contributed by atoms with Gasteiger partial charge in [-0.1, -0.05) is 34.7 Å². The molecule has 6 rings (SSSR count). The fraction of sp³-hybridized carbons (Fsp3) is 0.375. The predicted octanol–water partition coefficient (Wildman–Crippen LogP) is 6.84. The number of anilines is 4. The average molecular weight is 617 g/mol. The Morgan fingerprint density at radius 1 is 1.02 bits per heavy atom. The summed E-state index contributed by atoms with van der Waals surface area (Å²) in [6.07, 6.45) is 9.84. The highest BCUT2D eigenvalue weighted by Crippen LogP contribution is 2.43. The van der Waals surface area contributed by atoms with Crippen LogP contribution < -0.4 is 30.6 Å². The second-order valence-electron chi connectivity index (χ2n) is 11.3. The van der Waals surface area contributed by atoms with Gasteiger partial charge in [-0.25, -0.2) is 4.98 Å². The van der Waals surface area contributed by atoms with Crippen LogP contribution in [0, 0.1) is 24.7 Å². The van der Waals surface area contributed by atoms with Crippen LogP contribution >= 0.6 is 11.3 Å². The molecule has 11 nitrogen and oxygen atoms in total. The van der Waals surface area contributed by atoms with Crippen LogP contribution in [0.5, 0.6) is 17.2 Å². The van der Waals surface area contributed by atoms with Crippen LogP contribution in [0.2, 0.25) is 0 Å². The Morgan fingerprint density at radius 2 is 1.82 bits per heavy atom. The molecule has 1 saturated carbocycles. The zero-order chi connectivity index (χ0) is 30.8. The fourth-order valence-corrected chi connectivity index (χ4v) is 6.89. The van der Waals surface area contributed by atoms with Gasteiger partial charge in [-0.2, -0.15) is 4.98 Å². The lowest BCUT2D eigenvalue weighted by Crippen LogP contribution is -2.23. The van der Waals surface area contributed by atoms with Gasteiger partial charge in [0.1, 0.15) is 10.7 Å². The van der Waals surface area contributed by atoms with Crippen LogP contribution in [0.4, 0.5) is 22.3 Å². The molecule has 2 aliphatic carbocycles. The van der Waals surface area contributed by atoms with Crippen molar-refractivity contribution in [2.45, 2.75) is 39.0 Å². The Hall–Kier alpha value is -4.58. The second-order valence-corrected chi connectivity index (χ2v) is 12.2. The number of fused-ring (bicyclic) bond motifs is 2. The fourth-order valence-electron chi connectivity index (χ4n) is 6.06. The minimum Gasteiger partial charge on any atom is -0.493 e. The minimum absolute atomic E-state index is 0.00600. The number of allylic oxidation sites excluding steroid dienone is 2. The third kappa shape index (κ3) is 6.07. The summed E-state index contributed by atoms with van der Waals surface area (Å²) in [4.78, 5) is 22.9. The molecule has 2 aromatic heterocycles. The van der Waals surface area contributed by atoms with Crippen molar-refractivity contribution < 1.29 is 23.5 Å². The van der Waals surface area contributed by atoms with E-state index in [4.69, 9.17) is 24.5 Å². The lowest BCUT2D eigenvalue weighted by atomic mass is 9.85. The van der Waals surface area contributed by atoms with E-state index in [-0.39, 0.29) is 23.5 Å². The van der Waals surface area contributed by atoms with Gasteiger partial charge in [-0.05, 0) is 68.6 Å². The number of aryl methyl sites for hydroxylation is 1. The van der Waals surface area contributed by atoms with Crippen molar-refractivity contribution >= 4 is 39.6 Å². The largest absolute Gasteiger partial charge is 0.493 e. The van der Waals surface area contributed by atoms with E-state index in [2.05, 4.69) is 37.9 Å². The van der Waals surface area contributed by atoms with Crippen molar-refractivity contribution in [3.63, 3.8) is 0 Å². The summed E-state index contributed by atoms with van der Waals surface area (Å²) in [5.41, 5.74) is 9.35. The summed E-state index contributed by atoms with van der Waals surface area (Å²) >= 11 is 1.27. The molecule has 3 unspecified atom stereocenters. The summed E-state index contributed by atoms with van der Waals surface area (Å²) < 4.78 is 21.9. The van der Waals surface area contributed by atoms with E-state index in [0.29, 0.717) is 56.3 Å². The van der Waals surface area contributed by atoms with Crippen molar-refractivity contribution in [2.75, 3.05) is 37.7 Å². The summed E-state index contributed by atoms with van der Waals surface area (Å²) in [6.45, 7) is 1.97. The third-order valence-electron chi connectivity index (χ3n) is 8.33. The lowest BCUT2D eigenvalue weighted by Gasteiger charge is -2.21. The molecule has 3 atom stereocenters. The molecule has 4 N–H and O–H groups in total. The Labute approximate surface area is 259 Å². The molecule has 2 bridgehead atoms. The molecule has 1 amide bonds. The number of carbonyl (C=O) groups is 1. The van der Waals surface area contributed by atoms with Gasteiger partial charge >= 0.3 is 0 Å². The minimum atomic E-state index is 0.00600. The summed E-state index contributed by atoms with van der Waals surface area (Å²) in [6, 6.07) is 9.30. The topological polar surface area (TPSA) is 147 Å². The summed E-state index contributed by atoms with van der Waals surface area (Å²) in [5, 5.41) is 11.1. The van der Waals surface area contributed by atoms with Gasteiger partial charge in [0.25, 0.3) is 5.89 Å². The number of rotatable bonds is 9. The Balaban J connectivity index is 1.19. The van der Waals surface area contributed by atoms with Crippen LogP contribution in [0.1, 0.15) is 37.7 Å². The van der Waals surface area contributed by atoms with E-state index in [1.54, 1.807) is 33.5 Å². The number of carbonyl (C=O) groups excluding carboxylic acids is 1. The van der Waals surface area contributed by atoms with Gasteiger partial charge in [0, 0.05) is 35.0 Å². The number of hydrogen-bond acceptors (Lipinski definition) is 11. The highest BCUT2D eigenvalue weighted by Gasteiger charge is 2.30. The number of amides is 1. The van der Waals surface area contributed by atoms with Gasteiger partial charge < -0.3 is 35.1 Å². The molecule has 4 aromatic rings. The molecule has 2 aliphatic rings. The number of methoxy groups -OCH3 is 3. The van der Waals surface area contributed by atoms with Crippen molar-refractivity contribution in [1.82, 2.24) is 15.1 Å². The predicted molar refractivity (Wildman–Crippen MR) is 171 cm³/mol. The SMILES string of the molecule is COc1cc(Nc2nc(N)c(-c3nc(-c4cc(NC(=O)C5CCC6CC=CC(C6)C5)ccc4C)no3)s2)cc(OC)c1OC. The van der Waals surface area contributed by atoms with Crippen molar-refractivity contribution in [1.29, 1.82) is 0 Å². The van der Waals surface area contributed by atoms with E-state index < -0.39 is 0 Å². The van der Waals surface area contributed by atoms with Crippen molar-refractivity contribution in [3.8, 4) is 39.4 Å². The van der Waals surface area contributed by atoms with E-state index in [0.717, 1.165) is 36.8 Å². The Morgan fingerprint density at radius 3 is 2.57 bits per heavy atom. The molecule has 44 heavy (non-hydrogen) atoms. The van der Waals surface area contributed by atoms with Crippen molar-refractivity contribution in [2.24, 2.45) is 17.8 Å². The zero-order valence-electron chi connectivity index (χ0n) is 25.2. The summed E-state index contributed by atoms with van der Waals surface area (Å²) in [7, 11) is 4.66. The molecule has 0 radical (unpaired) electrons. The smallest absolute Gasteiger partial charge is 0.272 e. The first-order valence-electron chi connectivity index (χ1n) is 14.6. The highest BCUT2D eigenvalue weighted by molar-refractivity contribution is 7.19. The Kier molecular flexibility index (Phi) is 8.42. The number of hydrogen-bond donors (Lipinski definition) is 3. The Bertz CT molecular complexity index is 1670. The summed E-state index contributed by atoms with van der Waals surface area (Å²) in [5.74, 6) is 3.66. The first-order valence-corrected chi connectivity index (χ1v) is 15.4. The van der Waals surface area contributed by atoms with Crippen LogP contribution in [0.15, 0.2) is 47.0 Å². The molecule has 2 heterocycles. The molecule has 1 fully saturated rings. The van der Waals surface area contributed by atoms with Crippen LogP contribution in [0.3, 0.4) is 0 Å².